The molecule has 2 N–H and O–H groups in total. The van der Waals surface area contributed by atoms with Crippen LogP contribution in [0.25, 0.3) is 0 Å². The quantitative estimate of drug-likeness (QED) is 0.754. The highest BCUT2D eigenvalue weighted by Gasteiger charge is 2.26. The van der Waals surface area contributed by atoms with Crippen LogP contribution in [0, 0.1) is 12.8 Å². The first-order valence-corrected chi connectivity index (χ1v) is 10.0. The summed E-state index contributed by atoms with van der Waals surface area (Å²) in [5.41, 5.74) is 8.52. The Bertz CT molecular complexity index is 603. The molecule has 1 aliphatic carbocycles. The highest BCUT2D eigenvalue weighted by atomic mass is 35.5. The summed E-state index contributed by atoms with van der Waals surface area (Å²) in [5.74, 6) is 3.15. The molecule has 5 nitrogen and oxygen atoms in total. The molecule has 1 saturated carbocycles. The number of fused-ring (bicyclic) bond motifs is 1. The highest BCUT2D eigenvalue weighted by Crippen LogP contribution is 2.35. The minimum absolute atomic E-state index is 0. The summed E-state index contributed by atoms with van der Waals surface area (Å²) in [6.07, 6.45) is 9.44. The average molecular weight is 454 g/mol. The summed E-state index contributed by atoms with van der Waals surface area (Å²) in [6, 6.07) is 0.465. The molecular formula is C20H35Cl3N4O. The van der Waals surface area contributed by atoms with E-state index in [1.54, 1.807) is 0 Å². The van der Waals surface area contributed by atoms with Gasteiger partial charge in [-0.25, -0.2) is 4.98 Å². The minimum Gasteiger partial charge on any atom is -0.492 e. The number of halogens is 3. The second kappa shape index (κ2) is 11.7. The zero-order chi connectivity index (χ0) is 17.2. The van der Waals surface area contributed by atoms with Gasteiger partial charge in [0.25, 0.3) is 0 Å². The molecule has 0 unspecified atom stereocenters. The van der Waals surface area contributed by atoms with E-state index in [0.717, 1.165) is 50.9 Å². The lowest BCUT2D eigenvalue weighted by Crippen LogP contribution is -2.47. The van der Waals surface area contributed by atoms with E-state index in [0.29, 0.717) is 6.04 Å². The Morgan fingerprint density at radius 3 is 2.43 bits per heavy atom. The molecule has 3 aliphatic rings. The minimum atomic E-state index is 0. The molecule has 0 amide bonds. The molecule has 0 aromatic carbocycles. The van der Waals surface area contributed by atoms with E-state index in [1.807, 2.05) is 6.20 Å². The lowest BCUT2D eigenvalue weighted by molar-refractivity contribution is 0.216. The third-order valence-electron chi connectivity index (χ3n) is 6.30. The van der Waals surface area contributed by atoms with Gasteiger partial charge >= 0.3 is 0 Å². The topological polar surface area (TPSA) is 54.6 Å². The number of pyridine rings is 1. The number of anilines is 1. The summed E-state index contributed by atoms with van der Waals surface area (Å²) in [7, 11) is 0. The van der Waals surface area contributed by atoms with Crippen molar-refractivity contribution in [2.24, 2.45) is 11.7 Å². The van der Waals surface area contributed by atoms with Gasteiger partial charge < -0.3 is 15.4 Å². The SMILES string of the molecule is Cc1cnc(N2CCN(CCC3CCC(N)CC3)CC2)c2c1OCC2.Cl.Cl.Cl. The van der Waals surface area contributed by atoms with Gasteiger partial charge in [0.2, 0.25) is 0 Å². The number of aromatic nitrogens is 1. The van der Waals surface area contributed by atoms with E-state index in [-0.39, 0.29) is 37.2 Å². The van der Waals surface area contributed by atoms with Crippen LogP contribution < -0.4 is 15.4 Å². The number of nitrogens with two attached hydrogens (primary N) is 1. The van der Waals surface area contributed by atoms with Gasteiger partial charge in [-0.3, -0.25) is 4.90 Å². The van der Waals surface area contributed by atoms with Crippen LogP contribution in [0.1, 0.15) is 43.2 Å². The molecule has 4 rings (SSSR count). The van der Waals surface area contributed by atoms with Crippen LogP contribution in [0.3, 0.4) is 0 Å². The number of rotatable bonds is 4. The van der Waals surface area contributed by atoms with Crippen molar-refractivity contribution in [3.8, 4) is 5.75 Å². The van der Waals surface area contributed by atoms with Gasteiger partial charge in [-0.15, -0.1) is 37.2 Å². The fraction of sp³-hybridized carbons (Fsp3) is 0.750. The molecule has 1 aromatic rings. The highest BCUT2D eigenvalue weighted by molar-refractivity contribution is 5.86. The van der Waals surface area contributed by atoms with Crippen LogP contribution in [0.15, 0.2) is 6.20 Å². The summed E-state index contributed by atoms with van der Waals surface area (Å²) < 4.78 is 5.81. The summed E-state index contributed by atoms with van der Waals surface area (Å²) in [6.45, 7) is 8.61. The van der Waals surface area contributed by atoms with Crippen molar-refractivity contribution in [3.05, 3.63) is 17.3 Å². The number of ether oxygens (including phenoxy) is 1. The van der Waals surface area contributed by atoms with Crippen LogP contribution in [-0.4, -0.2) is 55.3 Å². The number of hydrogen-bond donors (Lipinski definition) is 1. The van der Waals surface area contributed by atoms with Gasteiger partial charge in [0.1, 0.15) is 11.6 Å². The Kier molecular flexibility index (Phi) is 10.6. The predicted octanol–water partition coefficient (Wildman–Crippen LogP) is 3.62. The van der Waals surface area contributed by atoms with Gasteiger partial charge in [0.15, 0.2) is 0 Å². The largest absolute Gasteiger partial charge is 0.492 e. The molecular weight excluding hydrogens is 419 g/mol. The fourth-order valence-corrected chi connectivity index (χ4v) is 4.61. The number of nitrogens with zero attached hydrogens (tertiary/aromatic N) is 3. The first kappa shape index (κ1) is 25.6. The van der Waals surface area contributed by atoms with Crippen LogP contribution in [-0.2, 0) is 6.42 Å². The molecule has 3 heterocycles. The molecule has 28 heavy (non-hydrogen) atoms. The predicted molar refractivity (Wildman–Crippen MR) is 123 cm³/mol. The second-order valence-electron chi connectivity index (χ2n) is 8.07. The van der Waals surface area contributed by atoms with E-state index < -0.39 is 0 Å². The van der Waals surface area contributed by atoms with Crippen LogP contribution in [0.4, 0.5) is 5.82 Å². The van der Waals surface area contributed by atoms with Crippen LogP contribution >= 0.6 is 37.2 Å². The van der Waals surface area contributed by atoms with Gasteiger partial charge in [0.05, 0.1) is 6.61 Å². The van der Waals surface area contributed by atoms with Gasteiger partial charge in [0, 0.05) is 56.0 Å². The first-order valence-electron chi connectivity index (χ1n) is 10.0. The van der Waals surface area contributed by atoms with Crippen LogP contribution in [0.2, 0.25) is 0 Å². The molecule has 0 radical (unpaired) electrons. The fourth-order valence-electron chi connectivity index (χ4n) is 4.61. The molecule has 2 aliphatic heterocycles. The van der Waals surface area contributed by atoms with Crippen LogP contribution in [0.5, 0.6) is 5.75 Å². The van der Waals surface area contributed by atoms with Crippen molar-refractivity contribution in [1.82, 2.24) is 9.88 Å². The standard InChI is InChI=1S/C20H32N4O.3ClH/c1-15-14-22-20(18-7-13-25-19(15)18)24-11-9-23(10-12-24)8-6-16-2-4-17(21)5-3-16;;;/h14,16-17H,2-13,21H2,1H3;3*1H. The Labute approximate surface area is 188 Å². The number of piperazine rings is 1. The van der Waals surface area contributed by atoms with Crippen molar-refractivity contribution in [2.45, 2.75) is 51.5 Å². The van der Waals surface area contributed by atoms with Crippen molar-refractivity contribution < 1.29 is 4.74 Å². The van der Waals surface area contributed by atoms with E-state index in [2.05, 4.69) is 16.7 Å². The van der Waals surface area contributed by atoms with Crippen molar-refractivity contribution >= 4 is 43.0 Å². The maximum atomic E-state index is 6.02. The molecule has 162 valence electrons. The average Bonchev–Trinajstić information content (AvgIpc) is 3.13. The molecule has 8 heteroatoms. The van der Waals surface area contributed by atoms with Gasteiger partial charge in [-0.2, -0.15) is 0 Å². The van der Waals surface area contributed by atoms with Crippen molar-refractivity contribution in [2.75, 3.05) is 44.2 Å². The third kappa shape index (κ3) is 5.79. The third-order valence-corrected chi connectivity index (χ3v) is 6.30. The van der Waals surface area contributed by atoms with Crippen molar-refractivity contribution in [3.63, 3.8) is 0 Å². The second-order valence-corrected chi connectivity index (χ2v) is 8.07. The Hall–Kier alpha value is -0.460. The normalized spacial score (nSPS) is 24.3. The Morgan fingerprint density at radius 1 is 1.07 bits per heavy atom. The first-order chi connectivity index (χ1) is 12.2. The van der Waals surface area contributed by atoms with Crippen molar-refractivity contribution in [1.29, 1.82) is 0 Å². The lowest BCUT2D eigenvalue weighted by Gasteiger charge is -2.37. The number of hydrogen-bond acceptors (Lipinski definition) is 5. The summed E-state index contributed by atoms with van der Waals surface area (Å²) >= 11 is 0. The number of aryl methyl sites for hydroxylation is 1. The maximum absolute atomic E-state index is 6.02. The zero-order valence-electron chi connectivity index (χ0n) is 16.8. The molecule has 2 fully saturated rings. The molecule has 0 atom stereocenters. The monoisotopic (exact) mass is 452 g/mol. The van der Waals surface area contributed by atoms with E-state index in [1.165, 1.54) is 55.6 Å². The Morgan fingerprint density at radius 2 is 1.75 bits per heavy atom. The molecule has 0 spiro atoms. The summed E-state index contributed by atoms with van der Waals surface area (Å²) in [4.78, 5) is 9.84. The Balaban J connectivity index is 0.00000131. The van der Waals surface area contributed by atoms with E-state index in [4.69, 9.17) is 15.5 Å². The zero-order valence-corrected chi connectivity index (χ0v) is 19.2. The van der Waals surface area contributed by atoms with Gasteiger partial charge in [-0.05, 0) is 51.5 Å². The maximum Gasteiger partial charge on any atom is 0.135 e. The van der Waals surface area contributed by atoms with E-state index >= 15 is 0 Å². The molecule has 1 aromatic heterocycles. The molecule has 1 saturated heterocycles. The van der Waals surface area contributed by atoms with Gasteiger partial charge in [-0.1, -0.05) is 0 Å². The summed E-state index contributed by atoms with van der Waals surface area (Å²) in [5, 5.41) is 0. The smallest absolute Gasteiger partial charge is 0.135 e. The molecule has 0 bridgehead atoms. The van der Waals surface area contributed by atoms with E-state index in [9.17, 15) is 0 Å². The lowest BCUT2D eigenvalue weighted by atomic mass is 9.84.